The summed E-state index contributed by atoms with van der Waals surface area (Å²) < 4.78 is 24.6. The summed E-state index contributed by atoms with van der Waals surface area (Å²) in [6.07, 6.45) is 1.28. The van der Waals surface area contributed by atoms with Gasteiger partial charge in [0.25, 0.3) is 0 Å². The molecule has 0 aliphatic rings. The fourth-order valence-corrected chi connectivity index (χ4v) is 1.04. The summed E-state index contributed by atoms with van der Waals surface area (Å²) in [6.45, 7) is 0. The molecule has 5 nitrogen and oxygen atoms in total. The number of hydrogen-bond donors (Lipinski definition) is 1. The average molecular weight is 175 g/mol. The first-order valence-corrected chi connectivity index (χ1v) is 4.07. The molecule has 0 saturated carbocycles. The molecule has 0 saturated heterocycles. The second kappa shape index (κ2) is 2.95. The van der Waals surface area contributed by atoms with Crippen molar-refractivity contribution < 1.29 is 18.0 Å². The maximum absolute atomic E-state index is 10.7. The van der Waals surface area contributed by atoms with E-state index in [1.54, 1.807) is 6.07 Å². The fourth-order valence-electron chi connectivity index (χ4n) is 0.533. The molecule has 0 spiro atoms. The topological polar surface area (TPSA) is 76.5 Å². The van der Waals surface area contributed by atoms with Gasteiger partial charge in [-0.25, -0.2) is 10.2 Å². The van der Waals surface area contributed by atoms with Gasteiger partial charge >= 0.3 is 10.1 Å². The number of hydrogen-bond acceptors (Lipinski definition) is 5. The predicted octanol–water partition coefficient (Wildman–Crippen LogP) is 0.260. The van der Waals surface area contributed by atoms with Crippen LogP contribution >= 0.6 is 0 Å². The second-order valence-corrected chi connectivity index (χ2v) is 3.17. The molecule has 1 aromatic heterocycles. The maximum atomic E-state index is 10.7. The van der Waals surface area contributed by atoms with Crippen molar-refractivity contribution >= 4 is 10.1 Å². The van der Waals surface area contributed by atoms with Gasteiger partial charge in [-0.05, 0) is 12.1 Å². The predicted molar refractivity (Wildman–Crippen MR) is 35.1 cm³/mol. The van der Waals surface area contributed by atoms with Crippen molar-refractivity contribution in [1.29, 1.82) is 0 Å². The summed E-state index contributed by atoms with van der Waals surface area (Å²) in [5, 5.41) is 7.60. The van der Waals surface area contributed by atoms with E-state index in [2.05, 4.69) is 9.32 Å². The molecule has 60 valence electrons. The molecule has 0 atom stereocenters. The Hall–Kier alpha value is -0.980. The molecule has 1 rings (SSSR count). The molecule has 6 heteroatoms. The maximum Gasteiger partial charge on any atom is 0.340 e. The largest absolute Gasteiger partial charge is 0.340 e. The van der Waals surface area contributed by atoms with Gasteiger partial charge in [0.05, 0.1) is 0 Å². The SMILES string of the molecule is O=S(=O)(OO)c1ccccn1. The van der Waals surface area contributed by atoms with E-state index in [1.165, 1.54) is 18.3 Å². The summed E-state index contributed by atoms with van der Waals surface area (Å²) in [6, 6.07) is 4.24. The van der Waals surface area contributed by atoms with Crippen molar-refractivity contribution in [2.24, 2.45) is 0 Å². The molecule has 0 bridgehead atoms. The lowest BCUT2D eigenvalue weighted by atomic mass is 10.5. The van der Waals surface area contributed by atoms with Crippen molar-refractivity contribution in [3.05, 3.63) is 24.4 Å². The molecule has 11 heavy (non-hydrogen) atoms. The Balaban J connectivity index is 3.14. The summed E-state index contributed by atoms with van der Waals surface area (Å²) >= 11 is 0. The minimum atomic E-state index is -4.05. The Labute approximate surface area is 63.3 Å². The normalized spacial score (nSPS) is 11.4. The monoisotopic (exact) mass is 175 g/mol. The van der Waals surface area contributed by atoms with Gasteiger partial charge in [-0.1, -0.05) is 6.07 Å². The zero-order valence-corrected chi connectivity index (χ0v) is 6.15. The third kappa shape index (κ3) is 1.73. The first-order chi connectivity index (χ1) is 5.17. The van der Waals surface area contributed by atoms with Gasteiger partial charge in [-0.3, -0.25) is 0 Å². The van der Waals surface area contributed by atoms with Crippen molar-refractivity contribution in [2.75, 3.05) is 0 Å². The molecule has 0 amide bonds. The van der Waals surface area contributed by atoms with Gasteiger partial charge in [0.2, 0.25) is 0 Å². The molecule has 0 unspecified atom stereocenters. The van der Waals surface area contributed by atoms with Crippen LogP contribution in [0.5, 0.6) is 0 Å². The third-order valence-corrected chi connectivity index (χ3v) is 1.94. The van der Waals surface area contributed by atoms with E-state index in [9.17, 15) is 8.42 Å². The van der Waals surface area contributed by atoms with E-state index >= 15 is 0 Å². The standard InChI is InChI=1S/C5H5NO4S/c7-10-11(8,9)5-3-1-2-4-6-5/h1-4,7H. The van der Waals surface area contributed by atoms with Crippen LogP contribution in [-0.2, 0) is 14.5 Å². The minimum Gasteiger partial charge on any atom is -0.242 e. The van der Waals surface area contributed by atoms with Crippen LogP contribution in [0.1, 0.15) is 0 Å². The molecule has 1 heterocycles. The summed E-state index contributed by atoms with van der Waals surface area (Å²) in [5.74, 6) is 0. The Kier molecular flexibility index (Phi) is 2.18. The van der Waals surface area contributed by atoms with Crippen LogP contribution in [0.15, 0.2) is 29.4 Å². The molecule has 0 fully saturated rings. The molecule has 0 aromatic carbocycles. The lowest BCUT2D eigenvalue weighted by Crippen LogP contribution is -2.04. The highest BCUT2D eigenvalue weighted by Gasteiger charge is 2.14. The molecule has 1 aromatic rings. The van der Waals surface area contributed by atoms with Crippen LogP contribution in [0.25, 0.3) is 0 Å². The van der Waals surface area contributed by atoms with Crippen LogP contribution in [0.4, 0.5) is 0 Å². The van der Waals surface area contributed by atoms with Crippen LogP contribution in [-0.4, -0.2) is 18.7 Å². The van der Waals surface area contributed by atoms with Crippen molar-refractivity contribution in [1.82, 2.24) is 4.98 Å². The first kappa shape index (κ1) is 8.12. The minimum absolute atomic E-state index is 0.317. The van der Waals surface area contributed by atoms with Crippen LogP contribution < -0.4 is 0 Å². The Morgan fingerprint density at radius 1 is 1.45 bits per heavy atom. The molecular formula is C5H5NO4S. The van der Waals surface area contributed by atoms with Gasteiger partial charge < -0.3 is 0 Å². The molecule has 0 aliphatic carbocycles. The summed E-state index contributed by atoms with van der Waals surface area (Å²) in [5.41, 5.74) is 0. The average Bonchev–Trinajstić information content (AvgIpc) is 2.06. The van der Waals surface area contributed by atoms with Gasteiger partial charge in [-0.2, -0.15) is 8.42 Å². The van der Waals surface area contributed by atoms with Crippen molar-refractivity contribution in [3.63, 3.8) is 0 Å². The third-order valence-electron chi connectivity index (χ3n) is 0.992. The second-order valence-electron chi connectivity index (χ2n) is 1.70. The highest BCUT2D eigenvalue weighted by atomic mass is 32.2. The Morgan fingerprint density at radius 3 is 2.64 bits per heavy atom. The first-order valence-electron chi connectivity index (χ1n) is 2.66. The van der Waals surface area contributed by atoms with Crippen molar-refractivity contribution in [3.8, 4) is 0 Å². The lowest BCUT2D eigenvalue weighted by molar-refractivity contribution is -0.130. The zero-order chi connectivity index (χ0) is 8.32. The van der Waals surface area contributed by atoms with Gasteiger partial charge in [-0.15, -0.1) is 4.33 Å². The Morgan fingerprint density at radius 2 is 2.18 bits per heavy atom. The van der Waals surface area contributed by atoms with Crippen molar-refractivity contribution in [2.45, 2.75) is 5.03 Å². The summed E-state index contributed by atoms with van der Waals surface area (Å²) in [4.78, 5) is 3.45. The molecule has 0 aliphatic heterocycles. The number of nitrogens with zero attached hydrogens (tertiary/aromatic N) is 1. The smallest absolute Gasteiger partial charge is 0.242 e. The zero-order valence-electron chi connectivity index (χ0n) is 5.34. The highest BCUT2D eigenvalue weighted by molar-refractivity contribution is 7.86. The van der Waals surface area contributed by atoms with Gasteiger partial charge in [0, 0.05) is 6.20 Å². The molecule has 0 radical (unpaired) electrons. The number of rotatable bonds is 2. The summed E-state index contributed by atoms with van der Waals surface area (Å²) in [7, 11) is -4.05. The highest BCUT2D eigenvalue weighted by Crippen LogP contribution is 2.05. The van der Waals surface area contributed by atoms with E-state index in [1.807, 2.05) is 0 Å². The quantitative estimate of drug-likeness (QED) is 0.515. The van der Waals surface area contributed by atoms with Gasteiger partial charge in [0.1, 0.15) is 0 Å². The molecule has 1 N–H and O–H groups in total. The number of aromatic nitrogens is 1. The van der Waals surface area contributed by atoms with Gasteiger partial charge in [0.15, 0.2) is 5.03 Å². The van der Waals surface area contributed by atoms with E-state index < -0.39 is 10.1 Å². The lowest BCUT2D eigenvalue weighted by Gasteiger charge is -1.95. The molecular weight excluding hydrogens is 170 g/mol. The fraction of sp³-hybridized carbons (Fsp3) is 0. The number of pyridine rings is 1. The van der Waals surface area contributed by atoms with E-state index in [-0.39, 0.29) is 5.03 Å². The van der Waals surface area contributed by atoms with Crippen LogP contribution in [0, 0.1) is 0 Å². The van der Waals surface area contributed by atoms with Crippen LogP contribution in [0.2, 0.25) is 0 Å². The Bertz CT molecular complexity index is 320. The van der Waals surface area contributed by atoms with E-state index in [0.29, 0.717) is 0 Å². The van der Waals surface area contributed by atoms with E-state index in [0.717, 1.165) is 0 Å². The van der Waals surface area contributed by atoms with E-state index in [4.69, 9.17) is 5.26 Å². The van der Waals surface area contributed by atoms with Crippen LogP contribution in [0.3, 0.4) is 0 Å².